The van der Waals surface area contributed by atoms with Crippen molar-refractivity contribution < 1.29 is 28.6 Å². The lowest BCUT2D eigenvalue weighted by atomic mass is 9.90. The largest absolute Gasteiger partial charge is 0.444 e. The number of hydrogen-bond donors (Lipinski definition) is 1. The van der Waals surface area contributed by atoms with Crippen LogP contribution in [0.25, 0.3) is 0 Å². The van der Waals surface area contributed by atoms with Gasteiger partial charge in [-0.25, -0.2) is 9.18 Å². The van der Waals surface area contributed by atoms with Crippen LogP contribution in [0.3, 0.4) is 0 Å². The molecule has 0 spiro atoms. The van der Waals surface area contributed by atoms with Crippen molar-refractivity contribution in [3.8, 4) is 0 Å². The zero-order valence-corrected chi connectivity index (χ0v) is 28.4. The molecule has 1 N–H and O–H groups in total. The number of rotatable bonds is 7. The van der Waals surface area contributed by atoms with Crippen molar-refractivity contribution in [3.63, 3.8) is 0 Å². The Morgan fingerprint density at radius 3 is 2.48 bits per heavy atom. The standard InChI is InChI=1S/C35H50FN5O5/c1-23-16-39(28(17-38-12-13-45-21-24(38)2)18-40(23)33(44)46-34(3,4)5)19-31(43)41-22-35(6,7)32-30(41)15-26(29(20-42)37-32)14-25-8-10-27(36)11-9-25/h8-11,15,23-24,28,42H,12-14,16-22H2,1-7H3/t23-,24-,28+/m1/s1. The molecule has 5 rings (SSSR count). The summed E-state index contributed by atoms with van der Waals surface area (Å²) in [6.07, 6.45) is 0.128. The SMILES string of the molecule is C[C@@H]1COCCN1C[C@H]1CN(C(=O)OC(C)(C)C)[C@H](C)CN1CC(=O)N1CC(C)(C)c2nc(CO)c(Cc3ccc(F)cc3)cc21. The number of halogens is 1. The van der Waals surface area contributed by atoms with Crippen LogP contribution in [0.1, 0.15) is 71.0 Å². The number of piperazine rings is 1. The third kappa shape index (κ3) is 7.70. The van der Waals surface area contributed by atoms with Crippen LogP contribution in [-0.4, -0.2) is 113 Å². The maximum atomic E-state index is 14.3. The monoisotopic (exact) mass is 639 g/mol. The predicted molar refractivity (Wildman–Crippen MR) is 174 cm³/mol. The summed E-state index contributed by atoms with van der Waals surface area (Å²) in [4.78, 5) is 40.6. The number of carbonyl (C=O) groups excluding carboxylic acids is 2. The van der Waals surface area contributed by atoms with Crippen molar-refractivity contribution >= 4 is 17.7 Å². The van der Waals surface area contributed by atoms with E-state index in [9.17, 15) is 19.1 Å². The van der Waals surface area contributed by atoms with Gasteiger partial charge in [0.25, 0.3) is 0 Å². The smallest absolute Gasteiger partial charge is 0.410 e. The molecule has 3 atom stereocenters. The van der Waals surface area contributed by atoms with Crippen molar-refractivity contribution in [1.29, 1.82) is 0 Å². The first-order valence-corrected chi connectivity index (χ1v) is 16.4. The highest BCUT2D eigenvalue weighted by molar-refractivity contribution is 5.97. The van der Waals surface area contributed by atoms with Crippen LogP contribution in [0, 0.1) is 5.82 Å². The number of aliphatic hydroxyl groups is 1. The van der Waals surface area contributed by atoms with E-state index in [4.69, 9.17) is 14.5 Å². The van der Waals surface area contributed by atoms with Gasteiger partial charge in [-0.3, -0.25) is 19.6 Å². The molecule has 2 amide bonds. The molecule has 2 saturated heterocycles. The van der Waals surface area contributed by atoms with E-state index in [2.05, 4.69) is 30.6 Å². The van der Waals surface area contributed by atoms with E-state index >= 15 is 0 Å². The quantitative estimate of drug-likeness (QED) is 0.487. The second kappa shape index (κ2) is 13.5. The number of hydrogen-bond acceptors (Lipinski definition) is 8. The van der Waals surface area contributed by atoms with E-state index in [-0.39, 0.29) is 49.1 Å². The molecule has 10 nitrogen and oxygen atoms in total. The first kappa shape index (κ1) is 34.2. The second-order valence-electron chi connectivity index (χ2n) is 14.8. The second-order valence-corrected chi connectivity index (χ2v) is 14.8. The van der Waals surface area contributed by atoms with Crippen molar-refractivity contribution in [2.24, 2.45) is 0 Å². The van der Waals surface area contributed by atoms with E-state index in [1.54, 1.807) is 17.0 Å². The summed E-state index contributed by atoms with van der Waals surface area (Å²) in [6, 6.07) is 8.29. The first-order chi connectivity index (χ1) is 21.6. The molecule has 1 aromatic carbocycles. The summed E-state index contributed by atoms with van der Waals surface area (Å²) in [5, 5.41) is 10.2. The molecule has 0 aliphatic carbocycles. The Morgan fingerprint density at radius 2 is 1.83 bits per heavy atom. The number of carbonyl (C=O) groups is 2. The summed E-state index contributed by atoms with van der Waals surface area (Å²) < 4.78 is 25.0. The minimum Gasteiger partial charge on any atom is -0.444 e. The van der Waals surface area contributed by atoms with Gasteiger partial charge in [-0.1, -0.05) is 26.0 Å². The van der Waals surface area contributed by atoms with Gasteiger partial charge < -0.3 is 24.4 Å². The summed E-state index contributed by atoms with van der Waals surface area (Å²) in [6.45, 7) is 18.1. The van der Waals surface area contributed by atoms with Crippen LogP contribution >= 0.6 is 0 Å². The van der Waals surface area contributed by atoms with Crippen LogP contribution in [0.5, 0.6) is 0 Å². The zero-order chi connectivity index (χ0) is 33.4. The third-order valence-corrected chi connectivity index (χ3v) is 9.29. The Labute approximate surface area is 272 Å². The van der Waals surface area contributed by atoms with Crippen LogP contribution in [-0.2, 0) is 32.7 Å². The van der Waals surface area contributed by atoms with Gasteiger partial charge in [0.05, 0.1) is 43.4 Å². The number of amides is 2. The Hall–Kier alpha value is -3.12. The maximum Gasteiger partial charge on any atom is 0.410 e. The Bertz CT molecular complexity index is 1410. The minimum atomic E-state index is -0.604. The van der Waals surface area contributed by atoms with Crippen molar-refractivity contribution in [2.45, 2.75) is 90.6 Å². The number of nitrogens with zero attached hydrogens (tertiary/aromatic N) is 5. The Balaban J connectivity index is 1.40. The highest BCUT2D eigenvalue weighted by Gasteiger charge is 2.43. The highest BCUT2D eigenvalue weighted by Crippen LogP contribution is 2.41. The minimum absolute atomic E-state index is 0.0314. The lowest BCUT2D eigenvalue weighted by Gasteiger charge is -2.47. The molecule has 2 fully saturated rings. The first-order valence-electron chi connectivity index (χ1n) is 16.4. The number of aromatic nitrogens is 1. The van der Waals surface area contributed by atoms with Crippen LogP contribution in [0.4, 0.5) is 14.9 Å². The van der Waals surface area contributed by atoms with Crippen molar-refractivity contribution in [1.82, 2.24) is 19.7 Å². The van der Waals surface area contributed by atoms with Crippen molar-refractivity contribution in [3.05, 3.63) is 58.7 Å². The van der Waals surface area contributed by atoms with Crippen LogP contribution in [0.15, 0.2) is 30.3 Å². The van der Waals surface area contributed by atoms with Gasteiger partial charge in [0.15, 0.2) is 0 Å². The molecule has 1 aromatic heterocycles. The Kier molecular flexibility index (Phi) is 10.1. The van der Waals surface area contributed by atoms with Gasteiger partial charge in [-0.05, 0) is 70.4 Å². The number of pyridine rings is 1. The molecule has 2 aromatic rings. The number of benzene rings is 1. The average molecular weight is 640 g/mol. The fourth-order valence-electron chi connectivity index (χ4n) is 6.79. The third-order valence-electron chi connectivity index (χ3n) is 9.29. The van der Waals surface area contributed by atoms with E-state index < -0.39 is 11.0 Å². The summed E-state index contributed by atoms with van der Waals surface area (Å²) in [5.41, 5.74) is 2.80. The maximum absolute atomic E-state index is 14.3. The molecule has 11 heteroatoms. The molecular formula is C35H50FN5O5. The lowest BCUT2D eigenvalue weighted by molar-refractivity contribution is -0.121. The fraction of sp³-hybridized carbons (Fsp3) is 0.629. The molecular weight excluding hydrogens is 589 g/mol. The fourth-order valence-corrected chi connectivity index (χ4v) is 6.79. The molecule has 252 valence electrons. The number of morpholine rings is 1. The van der Waals surface area contributed by atoms with E-state index in [1.807, 2.05) is 38.7 Å². The number of anilines is 1. The summed E-state index contributed by atoms with van der Waals surface area (Å²) >= 11 is 0. The topological polar surface area (TPSA) is 98.7 Å². The zero-order valence-electron chi connectivity index (χ0n) is 28.4. The van der Waals surface area contributed by atoms with Crippen LogP contribution in [0.2, 0.25) is 0 Å². The molecule has 0 radical (unpaired) electrons. The van der Waals surface area contributed by atoms with E-state index in [1.165, 1.54) is 12.1 Å². The molecule has 0 bridgehead atoms. The molecule has 0 saturated carbocycles. The molecule has 4 heterocycles. The highest BCUT2D eigenvalue weighted by atomic mass is 19.1. The molecule has 46 heavy (non-hydrogen) atoms. The van der Waals surface area contributed by atoms with Crippen LogP contribution < -0.4 is 4.90 Å². The van der Waals surface area contributed by atoms with Gasteiger partial charge in [0.1, 0.15) is 11.4 Å². The molecule has 3 aliphatic rings. The predicted octanol–water partition coefficient (Wildman–Crippen LogP) is 3.96. The van der Waals surface area contributed by atoms with Gasteiger partial charge in [-0.2, -0.15) is 0 Å². The van der Waals surface area contributed by atoms with Crippen molar-refractivity contribution in [2.75, 3.05) is 57.4 Å². The van der Waals surface area contributed by atoms with Gasteiger partial charge in [0.2, 0.25) is 5.91 Å². The number of aliphatic hydroxyl groups excluding tert-OH is 1. The average Bonchev–Trinajstić information content (AvgIpc) is 3.24. The summed E-state index contributed by atoms with van der Waals surface area (Å²) in [5.74, 6) is -0.338. The number of ether oxygens (including phenoxy) is 2. The molecule has 0 unspecified atom stereocenters. The Morgan fingerprint density at radius 1 is 1.11 bits per heavy atom. The van der Waals surface area contributed by atoms with E-state index in [0.717, 1.165) is 29.1 Å². The normalized spacial score (nSPS) is 23.8. The van der Waals surface area contributed by atoms with Gasteiger partial charge in [-0.15, -0.1) is 0 Å². The molecule has 3 aliphatic heterocycles. The number of fused-ring (bicyclic) bond motifs is 1. The lowest BCUT2D eigenvalue weighted by Crippen LogP contribution is -2.64. The van der Waals surface area contributed by atoms with Gasteiger partial charge >= 0.3 is 6.09 Å². The summed E-state index contributed by atoms with van der Waals surface area (Å²) in [7, 11) is 0. The van der Waals surface area contributed by atoms with E-state index in [0.29, 0.717) is 51.5 Å². The van der Waals surface area contributed by atoms with Gasteiger partial charge in [0, 0.05) is 56.3 Å².